The zero-order chi connectivity index (χ0) is 13.2. The third-order valence-corrected chi connectivity index (χ3v) is 5.07. The fourth-order valence-corrected chi connectivity index (χ4v) is 3.71. The molecule has 0 unspecified atom stereocenters. The van der Waals surface area contributed by atoms with Crippen LogP contribution in [0.4, 0.5) is 10.1 Å². The van der Waals surface area contributed by atoms with Gasteiger partial charge in [-0.25, -0.2) is 12.8 Å². The van der Waals surface area contributed by atoms with Gasteiger partial charge in [0.1, 0.15) is 10.7 Å². The standard InChI is InChI=1S/C12H17FN2O2S/c13-11-9-10(14)5-6-12(11)18(16,17)15-7-3-1-2-4-8-15/h5-6,9H,1-4,7-8,14H2. The van der Waals surface area contributed by atoms with E-state index in [-0.39, 0.29) is 10.6 Å². The van der Waals surface area contributed by atoms with Gasteiger partial charge in [-0.15, -0.1) is 0 Å². The van der Waals surface area contributed by atoms with Gasteiger partial charge < -0.3 is 5.73 Å². The number of nitrogens with zero attached hydrogens (tertiary/aromatic N) is 1. The molecule has 0 atom stereocenters. The summed E-state index contributed by atoms with van der Waals surface area (Å²) in [6, 6.07) is 3.70. The Morgan fingerprint density at radius 1 is 1.11 bits per heavy atom. The number of hydrogen-bond acceptors (Lipinski definition) is 3. The van der Waals surface area contributed by atoms with Crippen LogP contribution >= 0.6 is 0 Å². The number of benzene rings is 1. The van der Waals surface area contributed by atoms with Crippen LogP contribution in [-0.4, -0.2) is 25.8 Å². The maximum atomic E-state index is 13.7. The number of anilines is 1. The maximum absolute atomic E-state index is 13.7. The summed E-state index contributed by atoms with van der Waals surface area (Å²) in [6.45, 7) is 0.929. The quantitative estimate of drug-likeness (QED) is 0.837. The van der Waals surface area contributed by atoms with Gasteiger partial charge >= 0.3 is 0 Å². The lowest BCUT2D eigenvalue weighted by Gasteiger charge is -2.20. The van der Waals surface area contributed by atoms with E-state index in [9.17, 15) is 12.8 Å². The second kappa shape index (κ2) is 5.24. The van der Waals surface area contributed by atoms with Gasteiger partial charge in [0, 0.05) is 18.8 Å². The van der Waals surface area contributed by atoms with Crippen LogP contribution < -0.4 is 5.73 Å². The fraction of sp³-hybridized carbons (Fsp3) is 0.500. The third kappa shape index (κ3) is 2.64. The highest BCUT2D eigenvalue weighted by Gasteiger charge is 2.27. The van der Waals surface area contributed by atoms with Crippen LogP contribution in [0, 0.1) is 5.82 Å². The van der Waals surface area contributed by atoms with Crippen molar-refractivity contribution in [2.45, 2.75) is 30.6 Å². The Morgan fingerprint density at radius 3 is 2.28 bits per heavy atom. The largest absolute Gasteiger partial charge is 0.399 e. The predicted molar refractivity (Wildman–Crippen MR) is 68.0 cm³/mol. The van der Waals surface area contributed by atoms with Crippen molar-refractivity contribution >= 4 is 15.7 Å². The maximum Gasteiger partial charge on any atom is 0.245 e. The molecule has 1 heterocycles. The van der Waals surface area contributed by atoms with E-state index in [2.05, 4.69) is 0 Å². The molecule has 18 heavy (non-hydrogen) atoms. The van der Waals surface area contributed by atoms with Gasteiger partial charge in [0.05, 0.1) is 0 Å². The molecule has 1 aliphatic rings. The number of nitrogens with two attached hydrogens (primary N) is 1. The zero-order valence-corrected chi connectivity index (χ0v) is 10.9. The highest BCUT2D eigenvalue weighted by molar-refractivity contribution is 7.89. The van der Waals surface area contributed by atoms with Crippen molar-refractivity contribution in [3.8, 4) is 0 Å². The lowest BCUT2D eigenvalue weighted by molar-refractivity contribution is 0.419. The summed E-state index contributed by atoms with van der Waals surface area (Å²) in [5.41, 5.74) is 5.65. The molecule has 4 nitrogen and oxygen atoms in total. The van der Waals surface area contributed by atoms with Crippen LogP contribution in [0.25, 0.3) is 0 Å². The summed E-state index contributed by atoms with van der Waals surface area (Å²) in [5, 5.41) is 0. The van der Waals surface area contributed by atoms with Crippen LogP contribution in [0.1, 0.15) is 25.7 Å². The summed E-state index contributed by atoms with van der Waals surface area (Å²) in [4.78, 5) is -0.279. The molecule has 1 fully saturated rings. The SMILES string of the molecule is Nc1ccc(S(=O)(=O)N2CCCCCC2)c(F)c1. The molecule has 1 saturated heterocycles. The van der Waals surface area contributed by atoms with E-state index < -0.39 is 15.8 Å². The predicted octanol–water partition coefficient (Wildman–Crippen LogP) is 1.97. The fourth-order valence-electron chi connectivity index (χ4n) is 2.15. The number of hydrogen-bond donors (Lipinski definition) is 1. The zero-order valence-electron chi connectivity index (χ0n) is 10.1. The van der Waals surface area contributed by atoms with Crippen molar-refractivity contribution in [2.24, 2.45) is 0 Å². The van der Waals surface area contributed by atoms with Crippen molar-refractivity contribution in [1.29, 1.82) is 0 Å². The number of halogens is 1. The first kappa shape index (κ1) is 13.3. The highest BCUT2D eigenvalue weighted by atomic mass is 32.2. The molecule has 1 aromatic carbocycles. The smallest absolute Gasteiger partial charge is 0.245 e. The average molecular weight is 272 g/mol. The van der Waals surface area contributed by atoms with E-state index >= 15 is 0 Å². The van der Waals surface area contributed by atoms with Gasteiger partial charge in [-0.2, -0.15) is 4.31 Å². The van der Waals surface area contributed by atoms with Crippen LogP contribution in [0.2, 0.25) is 0 Å². The van der Waals surface area contributed by atoms with Crippen molar-refractivity contribution in [3.63, 3.8) is 0 Å². The van der Waals surface area contributed by atoms with Gasteiger partial charge in [-0.05, 0) is 31.0 Å². The van der Waals surface area contributed by atoms with Crippen molar-refractivity contribution in [3.05, 3.63) is 24.0 Å². The summed E-state index contributed by atoms with van der Waals surface area (Å²) in [6.07, 6.45) is 3.71. The normalized spacial score (nSPS) is 18.5. The van der Waals surface area contributed by atoms with Gasteiger partial charge in [0.2, 0.25) is 10.0 Å². The Labute approximate surface area is 107 Å². The van der Waals surface area contributed by atoms with E-state index in [1.54, 1.807) is 0 Å². The van der Waals surface area contributed by atoms with Crippen LogP contribution in [0.3, 0.4) is 0 Å². The minimum absolute atomic E-state index is 0.224. The van der Waals surface area contributed by atoms with E-state index in [0.717, 1.165) is 31.7 Å². The summed E-state index contributed by atoms with van der Waals surface area (Å²) < 4.78 is 39.7. The Kier molecular flexibility index (Phi) is 3.87. The van der Waals surface area contributed by atoms with Crippen LogP contribution in [0.15, 0.2) is 23.1 Å². The molecule has 0 bridgehead atoms. The molecule has 0 saturated carbocycles. The topological polar surface area (TPSA) is 63.4 Å². The first-order valence-corrected chi connectivity index (χ1v) is 7.51. The first-order chi connectivity index (χ1) is 8.51. The van der Waals surface area contributed by atoms with Crippen LogP contribution in [-0.2, 0) is 10.0 Å². The Morgan fingerprint density at radius 2 is 1.72 bits per heavy atom. The van der Waals surface area contributed by atoms with E-state index in [0.29, 0.717) is 13.1 Å². The number of nitrogen functional groups attached to an aromatic ring is 1. The summed E-state index contributed by atoms with van der Waals surface area (Å²) >= 11 is 0. The molecule has 1 aliphatic heterocycles. The van der Waals surface area contributed by atoms with E-state index in [4.69, 9.17) is 5.73 Å². The Balaban J connectivity index is 2.34. The first-order valence-electron chi connectivity index (χ1n) is 6.07. The van der Waals surface area contributed by atoms with Crippen molar-refractivity contribution in [2.75, 3.05) is 18.8 Å². The monoisotopic (exact) mass is 272 g/mol. The Hall–Kier alpha value is -1.14. The third-order valence-electron chi connectivity index (χ3n) is 3.14. The molecular weight excluding hydrogens is 255 g/mol. The lowest BCUT2D eigenvalue weighted by atomic mass is 10.2. The molecule has 0 aliphatic carbocycles. The van der Waals surface area contributed by atoms with Gasteiger partial charge in [0.25, 0.3) is 0 Å². The van der Waals surface area contributed by atoms with Gasteiger partial charge in [0.15, 0.2) is 0 Å². The summed E-state index contributed by atoms with van der Waals surface area (Å²) in [5.74, 6) is -0.778. The lowest BCUT2D eigenvalue weighted by Crippen LogP contribution is -2.32. The molecular formula is C12H17FN2O2S. The molecule has 0 spiro atoms. The molecule has 100 valence electrons. The van der Waals surface area contributed by atoms with Crippen LogP contribution in [0.5, 0.6) is 0 Å². The average Bonchev–Trinajstić information content (AvgIpc) is 2.57. The van der Waals surface area contributed by atoms with E-state index in [1.807, 2.05) is 0 Å². The second-order valence-electron chi connectivity index (χ2n) is 4.51. The van der Waals surface area contributed by atoms with Crippen molar-refractivity contribution in [1.82, 2.24) is 4.31 Å². The molecule has 1 aromatic rings. The Bertz CT molecular complexity index is 523. The van der Waals surface area contributed by atoms with Crippen molar-refractivity contribution < 1.29 is 12.8 Å². The minimum atomic E-state index is -3.73. The summed E-state index contributed by atoms with van der Waals surface area (Å²) in [7, 11) is -3.73. The molecule has 2 N–H and O–H groups in total. The van der Waals surface area contributed by atoms with E-state index in [1.165, 1.54) is 16.4 Å². The second-order valence-corrected chi connectivity index (χ2v) is 6.41. The molecule has 0 aromatic heterocycles. The van der Waals surface area contributed by atoms with Gasteiger partial charge in [-0.3, -0.25) is 0 Å². The number of rotatable bonds is 2. The minimum Gasteiger partial charge on any atom is -0.399 e. The highest BCUT2D eigenvalue weighted by Crippen LogP contribution is 2.23. The van der Waals surface area contributed by atoms with Gasteiger partial charge in [-0.1, -0.05) is 12.8 Å². The molecule has 6 heteroatoms. The molecule has 0 amide bonds. The molecule has 2 rings (SSSR count). The number of sulfonamides is 1. The molecule has 0 radical (unpaired) electrons.